The van der Waals surface area contributed by atoms with Gasteiger partial charge in [-0.2, -0.15) is 0 Å². The Bertz CT molecular complexity index is 1150. The van der Waals surface area contributed by atoms with E-state index in [4.69, 9.17) is 14.2 Å². The first-order valence-electron chi connectivity index (χ1n) is 28.6. The quantitative estimate of drug-likeness (QED) is 0.0262. The van der Waals surface area contributed by atoms with Crippen LogP contribution in [0.2, 0.25) is 0 Å². The van der Waals surface area contributed by atoms with Crippen LogP contribution in [0.15, 0.2) is 48.6 Å². The van der Waals surface area contributed by atoms with Crippen molar-refractivity contribution in [2.24, 2.45) is 0 Å². The Kier molecular flexibility index (Phi) is 52.8. The Morgan fingerprint density at radius 3 is 0.894 bits per heavy atom. The molecule has 0 aromatic carbocycles. The summed E-state index contributed by atoms with van der Waals surface area (Å²) in [6, 6.07) is 0. The van der Waals surface area contributed by atoms with E-state index < -0.39 is 6.10 Å². The average molecular weight is 926 g/mol. The van der Waals surface area contributed by atoms with Gasteiger partial charge in [0.05, 0.1) is 0 Å². The molecule has 0 rings (SSSR count). The van der Waals surface area contributed by atoms with Crippen LogP contribution >= 0.6 is 0 Å². The lowest BCUT2D eigenvalue weighted by atomic mass is 10.0. The van der Waals surface area contributed by atoms with Gasteiger partial charge >= 0.3 is 17.9 Å². The molecule has 6 heteroatoms. The van der Waals surface area contributed by atoms with Gasteiger partial charge in [-0.25, -0.2) is 0 Å². The number of esters is 3. The van der Waals surface area contributed by atoms with E-state index in [1.807, 2.05) is 0 Å². The minimum Gasteiger partial charge on any atom is -0.462 e. The Morgan fingerprint density at radius 2 is 0.545 bits per heavy atom. The first kappa shape index (κ1) is 63.4. The van der Waals surface area contributed by atoms with E-state index in [0.717, 1.165) is 83.5 Å². The second kappa shape index (κ2) is 55.0. The Labute approximate surface area is 409 Å². The summed E-state index contributed by atoms with van der Waals surface area (Å²) in [6.07, 6.45) is 66.6. The highest BCUT2D eigenvalue weighted by atomic mass is 16.6. The lowest BCUT2D eigenvalue weighted by molar-refractivity contribution is -0.167. The van der Waals surface area contributed by atoms with Crippen molar-refractivity contribution in [2.75, 3.05) is 13.2 Å². The van der Waals surface area contributed by atoms with E-state index in [0.29, 0.717) is 19.3 Å². The van der Waals surface area contributed by atoms with Crippen molar-refractivity contribution in [1.29, 1.82) is 0 Å². The number of carbonyl (C=O) groups is 3. The van der Waals surface area contributed by atoms with Gasteiger partial charge in [0.15, 0.2) is 6.10 Å². The van der Waals surface area contributed by atoms with E-state index in [1.54, 1.807) is 0 Å². The topological polar surface area (TPSA) is 78.9 Å². The summed E-state index contributed by atoms with van der Waals surface area (Å²) < 4.78 is 16.9. The highest BCUT2D eigenvalue weighted by Gasteiger charge is 2.19. The molecule has 0 spiro atoms. The van der Waals surface area contributed by atoms with Crippen LogP contribution in [-0.2, 0) is 28.6 Å². The van der Waals surface area contributed by atoms with Crippen molar-refractivity contribution in [2.45, 2.75) is 303 Å². The predicted octanol–water partition coefficient (Wildman–Crippen LogP) is 19.0. The molecule has 384 valence electrons. The second-order valence-electron chi connectivity index (χ2n) is 19.2. The van der Waals surface area contributed by atoms with Gasteiger partial charge in [0, 0.05) is 19.3 Å². The van der Waals surface area contributed by atoms with Gasteiger partial charge in [-0.15, -0.1) is 0 Å². The predicted molar refractivity (Wildman–Crippen MR) is 284 cm³/mol. The summed E-state index contributed by atoms with van der Waals surface area (Å²) in [5, 5.41) is 0. The van der Waals surface area contributed by atoms with Gasteiger partial charge in [-0.1, -0.05) is 243 Å². The van der Waals surface area contributed by atoms with E-state index >= 15 is 0 Å². The molecular weight excluding hydrogens is 817 g/mol. The number of carbonyl (C=O) groups excluding carboxylic acids is 3. The maximum absolute atomic E-state index is 12.8. The average Bonchev–Trinajstić information content (AvgIpc) is 3.31. The molecule has 6 nitrogen and oxygen atoms in total. The molecule has 1 unspecified atom stereocenters. The van der Waals surface area contributed by atoms with Gasteiger partial charge in [0.25, 0.3) is 0 Å². The van der Waals surface area contributed by atoms with E-state index in [-0.39, 0.29) is 31.1 Å². The molecular formula is C60H108O6. The fourth-order valence-electron chi connectivity index (χ4n) is 8.21. The van der Waals surface area contributed by atoms with E-state index in [9.17, 15) is 14.4 Å². The maximum atomic E-state index is 12.8. The molecule has 1 atom stereocenters. The van der Waals surface area contributed by atoms with Crippen LogP contribution in [0.1, 0.15) is 297 Å². The van der Waals surface area contributed by atoms with Crippen LogP contribution in [-0.4, -0.2) is 37.2 Å². The molecule has 0 heterocycles. The third-order valence-corrected chi connectivity index (χ3v) is 12.6. The molecule has 0 aliphatic carbocycles. The molecule has 66 heavy (non-hydrogen) atoms. The Balaban J connectivity index is 4.38. The van der Waals surface area contributed by atoms with Crippen molar-refractivity contribution in [3.63, 3.8) is 0 Å². The molecule has 0 saturated carbocycles. The van der Waals surface area contributed by atoms with Crippen LogP contribution < -0.4 is 0 Å². The largest absolute Gasteiger partial charge is 0.462 e. The summed E-state index contributed by atoms with van der Waals surface area (Å²) in [7, 11) is 0. The zero-order valence-corrected chi connectivity index (χ0v) is 44.0. The molecule has 0 aromatic heterocycles. The highest BCUT2D eigenvalue weighted by molar-refractivity contribution is 5.71. The second-order valence-corrected chi connectivity index (χ2v) is 19.2. The molecule has 0 radical (unpaired) electrons. The monoisotopic (exact) mass is 925 g/mol. The van der Waals surface area contributed by atoms with Gasteiger partial charge in [-0.05, 0) is 83.5 Å². The first-order chi connectivity index (χ1) is 32.5. The van der Waals surface area contributed by atoms with Gasteiger partial charge in [-0.3, -0.25) is 14.4 Å². The standard InChI is InChI=1S/C60H108O6/c1-4-7-10-13-16-19-22-25-27-29-30-31-33-35-38-41-44-47-50-53-59(62)65-56-57(55-64-58(61)52-49-46-43-40-37-34-24-21-18-15-12-9-6-3)66-60(63)54-51-48-45-42-39-36-32-28-26-23-20-17-14-11-8-5-2/h16,19,25,27-28,30-32,57H,4-15,17-18,20-24,26,29,33-56H2,1-3H3/b19-16-,27-25-,31-30-,32-28-. The number of hydrogen-bond donors (Lipinski definition) is 0. The summed E-state index contributed by atoms with van der Waals surface area (Å²) >= 11 is 0. The highest BCUT2D eigenvalue weighted by Crippen LogP contribution is 2.16. The molecule has 0 aromatic rings. The summed E-state index contributed by atoms with van der Waals surface area (Å²) in [4.78, 5) is 38.1. The van der Waals surface area contributed by atoms with Crippen molar-refractivity contribution < 1.29 is 28.6 Å². The Hall–Kier alpha value is -2.63. The molecule has 0 amide bonds. The molecule has 0 fully saturated rings. The van der Waals surface area contributed by atoms with E-state index in [2.05, 4.69) is 69.4 Å². The number of ether oxygens (including phenoxy) is 3. The third kappa shape index (κ3) is 52.3. The minimum absolute atomic E-state index is 0.0779. The van der Waals surface area contributed by atoms with Crippen molar-refractivity contribution in [1.82, 2.24) is 0 Å². The van der Waals surface area contributed by atoms with Crippen LogP contribution in [0.5, 0.6) is 0 Å². The lowest BCUT2D eigenvalue weighted by Gasteiger charge is -2.18. The number of rotatable bonds is 52. The molecule has 0 aliphatic rings. The normalized spacial score (nSPS) is 12.3. The summed E-state index contributed by atoms with van der Waals surface area (Å²) in [5.74, 6) is -0.886. The van der Waals surface area contributed by atoms with Crippen LogP contribution in [0.3, 0.4) is 0 Å². The van der Waals surface area contributed by atoms with Crippen molar-refractivity contribution in [3.8, 4) is 0 Å². The third-order valence-electron chi connectivity index (χ3n) is 12.6. The smallest absolute Gasteiger partial charge is 0.306 e. The van der Waals surface area contributed by atoms with Gasteiger partial charge in [0.2, 0.25) is 0 Å². The van der Waals surface area contributed by atoms with Crippen LogP contribution in [0.25, 0.3) is 0 Å². The zero-order valence-electron chi connectivity index (χ0n) is 44.0. The fraction of sp³-hybridized carbons (Fsp3) is 0.817. The first-order valence-corrected chi connectivity index (χ1v) is 28.6. The lowest BCUT2D eigenvalue weighted by Crippen LogP contribution is -2.30. The summed E-state index contributed by atoms with van der Waals surface area (Å²) in [6.45, 7) is 6.62. The number of allylic oxidation sites excluding steroid dienone is 8. The number of unbranched alkanes of at least 4 members (excludes halogenated alkanes) is 33. The number of hydrogen-bond acceptors (Lipinski definition) is 6. The minimum atomic E-state index is -0.780. The Morgan fingerprint density at radius 1 is 0.303 bits per heavy atom. The SMILES string of the molecule is CCCCC/C=C\C/C=C\C/C=C\CCCCCCCCC(=O)OCC(COC(=O)CCCCCCCCCCCCCCC)OC(=O)CCCCCCC/C=C\CCCCCCCCC. The molecule has 0 saturated heterocycles. The van der Waals surface area contributed by atoms with E-state index in [1.165, 1.54) is 173 Å². The van der Waals surface area contributed by atoms with Crippen molar-refractivity contribution >= 4 is 17.9 Å². The van der Waals surface area contributed by atoms with Crippen LogP contribution in [0.4, 0.5) is 0 Å². The van der Waals surface area contributed by atoms with Crippen LogP contribution in [0, 0.1) is 0 Å². The zero-order chi connectivity index (χ0) is 47.9. The molecule has 0 N–H and O–H groups in total. The van der Waals surface area contributed by atoms with Gasteiger partial charge in [0.1, 0.15) is 13.2 Å². The molecule has 0 bridgehead atoms. The van der Waals surface area contributed by atoms with Crippen molar-refractivity contribution in [3.05, 3.63) is 48.6 Å². The maximum Gasteiger partial charge on any atom is 0.306 e. The summed E-state index contributed by atoms with van der Waals surface area (Å²) in [5.41, 5.74) is 0. The fourth-order valence-corrected chi connectivity index (χ4v) is 8.21. The molecule has 0 aliphatic heterocycles. The van der Waals surface area contributed by atoms with Gasteiger partial charge < -0.3 is 14.2 Å².